The highest BCUT2D eigenvalue weighted by molar-refractivity contribution is 8.00. The first-order valence-electron chi connectivity index (χ1n) is 9.24. The van der Waals surface area contributed by atoms with Crippen LogP contribution in [0.25, 0.3) is 16.7 Å². The number of benzene rings is 2. The first-order chi connectivity index (χ1) is 14.6. The number of aromatic nitrogens is 4. The second-order valence-electron chi connectivity index (χ2n) is 6.24. The van der Waals surface area contributed by atoms with Gasteiger partial charge < -0.3 is 10.1 Å². The summed E-state index contributed by atoms with van der Waals surface area (Å²) in [4.78, 5) is 21.0. The van der Waals surface area contributed by atoms with Crippen molar-refractivity contribution in [1.82, 2.24) is 19.7 Å². The van der Waals surface area contributed by atoms with Crippen molar-refractivity contribution in [3.63, 3.8) is 0 Å². The van der Waals surface area contributed by atoms with Crippen molar-refractivity contribution in [2.75, 3.05) is 17.7 Å². The van der Waals surface area contributed by atoms with E-state index < -0.39 is 0 Å². The van der Waals surface area contributed by atoms with Crippen molar-refractivity contribution in [3.8, 4) is 11.4 Å². The monoisotopic (exact) mass is 439 g/mol. The number of rotatable bonds is 7. The van der Waals surface area contributed by atoms with E-state index in [2.05, 4.69) is 20.4 Å². The molecule has 0 aliphatic heterocycles. The number of amides is 1. The number of nitrogens with one attached hydrogen (secondary N) is 1. The van der Waals surface area contributed by atoms with E-state index in [1.807, 2.05) is 43.3 Å². The fourth-order valence-corrected chi connectivity index (χ4v) is 3.73. The number of nitrogens with zero attached hydrogens (tertiary/aromatic N) is 4. The van der Waals surface area contributed by atoms with Crippen molar-refractivity contribution in [3.05, 3.63) is 66.1 Å². The van der Waals surface area contributed by atoms with Crippen LogP contribution >= 0.6 is 23.4 Å². The van der Waals surface area contributed by atoms with Gasteiger partial charge in [-0.2, -0.15) is 5.10 Å². The zero-order valence-electron chi connectivity index (χ0n) is 16.1. The normalized spacial score (nSPS) is 10.9. The molecular formula is C21H18ClN5O2S. The Morgan fingerprint density at radius 1 is 1.13 bits per heavy atom. The fourth-order valence-electron chi connectivity index (χ4n) is 2.84. The van der Waals surface area contributed by atoms with Crippen LogP contribution in [0.15, 0.2) is 66.1 Å². The van der Waals surface area contributed by atoms with Crippen LogP contribution in [0.3, 0.4) is 0 Å². The molecule has 0 spiro atoms. The van der Waals surface area contributed by atoms with Crippen LogP contribution in [0.1, 0.15) is 6.92 Å². The lowest BCUT2D eigenvalue weighted by Crippen LogP contribution is -2.14. The molecule has 30 heavy (non-hydrogen) atoms. The number of thioether (sulfide) groups is 1. The van der Waals surface area contributed by atoms with E-state index in [-0.39, 0.29) is 11.7 Å². The number of ether oxygens (including phenoxy) is 1. The topological polar surface area (TPSA) is 81.9 Å². The first kappa shape index (κ1) is 20.2. The molecular weight excluding hydrogens is 422 g/mol. The van der Waals surface area contributed by atoms with Crippen LogP contribution in [0.2, 0.25) is 5.02 Å². The fraction of sp³-hybridized carbons (Fsp3) is 0.143. The van der Waals surface area contributed by atoms with E-state index in [1.165, 1.54) is 18.1 Å². The molecule has 0 atom stereocenters. The van der Waals surface area contributed by atoms with Gasteiger partial charge in [0.15, 0.2) is 5.65 Å². The van der Waals surface area contributed by atoms with Crippen LogP contribution in [0, 0.1) is 0 Å². The maximum absolute atomic E-state index is 12.4. The van der Waals surface area contributed by atoms with Gasteiger partial charge in [-0.3, -0.25) is 4.79 Å². The van der Waals surface area contributed by atoms with Crippen molar-refractivity contribution >= 4 is 46.0 Å². The number of anilines is 1. The molecule has 152 valence electrons. The predicted molar refractivity (Wildman–Crippen MR) is 119 cm³/mol. The van der Waals surface area contributed by atoms with Crippen LogP contribution in [-0.2, 0) is 4.79 Å². The molecule has 0 saturated heterocycles. The maximum atomic E-state index is 12.4. The van der Waals surface area contributed by atoms with Crippen molar-refractivity contribution in [1.29, 1.82) is 0 Å². The van der Waals surface area contributed by atoms with Gasteiger partial charge in [0.1, 0.15) is 17.1 Å². The Balaban J connectivity index is 1.45. The van der Waals surface area contributed by atoms with Gasteiger partial charge in [-0.05, 0) is 55.5 Å². The van der Waals surface area contributed by atoms with Gasteiger partial charge in [0, 0.05) is 10.7 Å². The average Bonchev–Trinajstić information content (AvgIpc) is 3.19. The van der Waals surface area contributed by atoms with Crippen LogP contribution < -0.4 is 10.1 Å². The van der Waals surface area contributed by atoms with Gasteiger partial charge >= 0.3 is 0 Å². The van der Waals surface area contributed by atoms with Gasteiger partial charge in [0.2, 0.25) is 5.91 Å². The molecule has 2 aromatic heterocycles. The molecule has 2 heterocycles. The lowest BCUT2D eigenvalue weighted by molar-refractivity contribution is -0.113. The standard InChI is InChI=1S/C21H18ClN5O2S/c1-2-29-17-9-5-15(6-10-17)26-19(28)12-30-21-18-11-25-27(20(18)23-13-24-21)16-7-3-14(22)4-8-16/h3-11,13H,2,12H2,1H3,(H,26,28). The highest BCUT2D eigenvalue weighted by Crippen LogP contribution is 2.26. The number of carbonyl (C=O) groups is 1. The van der Waals surface area contributed by atoms with Gasteiger partial charge in [-0.1, -0.05) is 23.4 Å². The summed E-state index contributed by atoms with van der Waals surface area (Å²) < 4.78 is 7.13. The Bertz CT molecular complexity index is 1160. The molecule has 7 nitrogen and oxygen atoms in total. The summed E-state index contributed by atoms with van der Waals surface area (Å²) in [6.07, 6.45) is 3.18. The lowest BCUT2D eigenvalue weighted by atomic mass is 10.3. The highest BCUT2D eigenvalue weighted by Gasteiger charge is 2.13. The van der Waals surface area contributed by atoms with E-state index in [0.29, 0.717) is 28.0 Å². The summed E-state index contributed by atoms with van der Waals surface area (Å²) in [5.74, 6) is 0.859. The highest BCUT2D eigenvalue weighted by atomic mass is 35.5. The molecule has 0 saturated carbocycles. The number of carbonyl (C=O) groups excluding carboxylic acids is 1. The minimum Gasteiger partial charge on any atom is -0.494 e. The molecule has 1 amide bonds. The quantitative estimate of drug-likeness (QED) is 0.335. The van der Waals surface area contributed by atoms with Crippen LogP contribution in [0.5, 0.6) is 5.75 Å². The summed E-state index contributed by atoms with van der Waals surface area (Å²) >= 11 is 7.30. The van der Waals surface area contributed by atoms with Crippen molar-refractivity contribution in [2.24, 2.45) is 0 Å². The predicted octanol–water partition coefficient (Wildman–Crippen LogP) is 4.60. The molecule has 0 radical (unpaired) electrons. The van der Waals surface area contributed by atoms with E-state index in [1.54, 1.807) is 23.0 Å². The second kappa shape index (κ2) is 9.15. The summed E-state index contributed by atoms with van der Waals surface area (Å²) in [5, 5.41) is 9.43. The first-order valence-corrected chi connectivity index (χ1v) is 10.6. The summed E-state index contributed by atoms with van der Waals surface area (Å²) in [7, 11) is 0. The van der Waals surface area contributed by atoms with Gasteiger partial charge in [0.25, 0.3) is 0 Å². The molecule has 4 aromatic rings. The van der Waals surface area contributed by atoms with E-state index >= 15 is 0 Å². The molecule has 0 bridgehead atoms. The molecule has 9 heteroatoms. The molecule has 1 N–H and O–H groups in total. The summed E-state index contributed by atoms with van der Waals surface area (Å²) in [5.41, 5.74) is 2.23. The van der Waals surface area contributed by atoms with Gasteiger partial charge in [-0.15, -0.1) is 0 Å². The number of hydrogen-bond donors (Lipinski definition) is 1. The molecule has 0 aliphatic carbocycles. The Kier molecular flexibility index (Phi) is 6.15. The van der Waals surface area contributed by atoms with Gasteiger partial charge in [-0.25, -0.2) is 14.6 Å². The largest absolute Gasteiger partial charge is 0.494 e. The molecule has 4 rings (SSSR count). The van der Waals surface area contributed by atoms with E-state index in [0.717, 1.165) is 16.8 Å². The molecule has 0 aliphatic rings. The third-order valence-corrected chi connectivity index (χ3v) is 5.45. The zero-order valence-corrected chi connectivity index (χ0v) is 17.7. The van der Waals surface area contributed by atoms with Crippen LogP contribution in [0.4, 0.5) is 5.69 Å². The third kappa shape index (κ3) is 4.55. The number of halogens is 1. The van der Waals surface area contributed by atoms with E-state index in [9.17, 15) is 4.79 Å². The smallest absolute Gasteiger partial charge is 0.234 e. The summed E-state index contributed by atoms with van der Waals surface area (Å²) in [6.45, 7) is 2.53. The Morgan fingerprint density at radius 3 is 2.63 bits per heavy atom. The molecule has 2 aromatic carbocycles. The minimum absolute atomic E-state index is 0.124. The average molecular weight is 440 g/mol. The zero-order chi connectivity index (χ0) is 20.9. The Labute approximate surface area is 182 Å². The van der Waals surface area contributed by atoms with Crippen molar-refractivity contribution < 1.29 is 9.53 Å². The van der Waals surface area contributed by atoms with Crippen molar-refractivity contribution in [2.45, 2.75) is 11.9 Å². The Hall–Kier alpha value is -3.10. The minimum atomic E-state index is -0.124. The SMILES string of the molecule is CCOc1ccc(NC(=O)CSc2ncnc3c2cnn3-c2ccc(Cl)cc2)cc1. The maximum Gasteiger partial charge on any atom is 0.234 e. The van der Waals surface area contributed by atoms with Crippen LogP contribution in [-0.4, -0.2) is 38.0 Å². The number of fused-ring (bicyclic) bond motifs is 1. The lowest BCUT2D eigenvalue weighted by Gasteiger charge is -2.07. The van der Waals surface area contributed by atoms with E-state index in [4.69, 9.17) is 16.3 Å². The van der Waals surface area contributed by atoms with Gasteiger partial charge in [0.05, 0.1) is 29.6 Å². The molecule has 0 fully saturated rings. The Morgan fingerprint density at radius 2 is 1.90 bits per heavy atom. The second-order valence-corrected chi connectivity index (χ2v) is 7.64. The number of hydrogen-bond acceptors (Lipinski definition) is 6. The molecule has 0 unspecified atom stereocenters. The third-order valence-electron chi connectivity index (χ3n) is 4.19. The summed E-state index contributed by atoms with van der Waals surface area (Å²) in [6, 6.07) is 14.6.